The summed E-state index contributed by atoms with van der Waals surface area (Å²) in [7, 11) is 0. The maximum Gasteiger partial charge on any atom is 0.219 e. The average Bonchev–Trinajstić information content (AvgIpc) is 2.37. The van der Waals surface area contributed by atoms with Crippen LogP contribution in [-0.2, 0) is 11.3 Å². The van der Waals surface area contributed by atoms with Crippen LogP contribution in [-0.4, -0.2) is 4.98 Å². The van der Waals surface area contributed by atoms with Gasteiger partial charge in [-0.25, -0.2) is 4.98 Å². The van der Waals surface area contributed by atoms with E-state index in [0.29, 0.717) is 22.5 Å². The Kier molecular flexibility index (Phi) is 4.56. The molecule has 0 aliphatic carbocycles. The number of hydrogen-bond donors (Lipinski definition) is 0. The number of halogens is 2. The Balaban J connectivity index is 2.36. The molecule has 1 aromatic carbocycles. The van der Waals surface area contributed by atoms with E-state index in [9.17, 15) is 0 Å². The van der Waals surface area contributed by atoms with Crippen LogP contribution in [0.15, 0.2) is 36.4 Å². The molecule has 2 nitrogen and oxygen atoms in total. The highest BCUT2D eigenvalue weighted by molar-refractivity contribution is 6.30. The molecule has 0 bridgehead atoms. The fourth-order valence-corrected chi connectivity index (χ4v) is 2.06. The first kappa shape index (κ1) is 15.1. The van der Waals surface area contributed by atoms with Crippen LogP contribution in [0.1, 0.15) is 32.0 Å². The largest absolute Gasteiger partial charge is 0.439 e. The van der Waals surface area contributed by atoms with Gasteiger partial charge in [-0.1, -0.05) is 38.4 Å². The fourth-order valence-electron chi connectivity index (χ4n) is 1.72. The van der Waals surface area contributed by atoms with E-state index in [1.807, 2.05) is 24.3 Å². The van der Waals surface area contributed by atoms with E-state index < -0.39 is 0 Å². The lowest BCUT2D eigenvalue weighted by atomic mass is 9.91. The van der Waals surface area contributed by atoms with Gasteiger partial charge in [-0.05, 0) is 29.8 Å². The number of benzene rings is 1. The lowest BCUT2D eigenvalue weighted by Gasteiger charge is -2.19. The normalized spacial score (nSPS) is 11.4. The van der Waals surface area contributed by atoms with Crippen molar-refractivity contribution in [2.24, 2.45) is 0 Å². The molecule has 0 atom stereocenters. The molecule has 0 aliphatic rings. The molecular weight excluding hydrogens is 293 g/mol. The molecule has 0 N–H and O–H groups in total. The summed E-state index contributed by atoms with van der Waals surface area (Å²) >= 11 is 11.9. The summed E-state index contributed by atoms with van der Waals surface area (Å²) in [5.41, 5.74) is 1.88. The third-order valence-corrected chi connectivity index (χ3v) is 3.35. The zero-order valence-corrected chi connectivity index (χ0v) is 13.3. The zero-order valence-electron chi connectivity index (χ0n) is 11.8. The highest BCUT2D eigenvalue weighted by Gasteiger charge is 2.17. The molecule has 1 heterocycles. The minimum atomic E-state index is -0.0610. The topological polar surface area (TPSA) is 22.1 Å². The second-order valence-corrected chi connectivity index (χ2v) is 6.35. The Hall–Kier alpha value is -1.25. The van der Waals surface area contributed by atoms with Crippen molar-refractivity contribution in [3.05, 3.63) is 52.7 Å². The summed E-state index contributed by atoms with van der Waals surface area (Å²) in [5, 5.41) is 0.632. The number of aromatic nitrogens is 1. The van der Waals surface area contributed by atoms with Gasteiger partial charge in [0.05, 0.1) is 5.69 Å². The van der Waals surface area contributed by atoms with Crippen molar-refractivity contribution < 1.29 is 4.74 Å². The lowest BCUT2D eigenvalue weighted by Crippen LogP contribution is -2.14. The number of alkyl halides is 1. The molecule has 0 saturated carbocycles. The van der Waals surface area contributed by atoms with Gasteiger partial charge in [0.1, 0.15) is 5.75 Å². The predicted octanol–water partition coefficient (Wildman–Crippen LogP) is 5.56. The van der Waals surface area contributed by atoms with Crippen LogP contribution in [0.4, 0.5) is 0 Å². The summed E-state index contributed by atoms with van der Waals surface area (Å²) in [6.07, 6.45) is 0. The van der Waals surface area contributed by atoms with Gasteiger partial charge in [0, 0.05) is 22.4 Å². The van der Waals surface area contributed by atoms with Crippen LogP contribution in [0.2, 0.25) is 5.02 Å². The van der Waals surface area contributed by atoms with Gasteiger partial charge in [-0.3, -0.25) is 0 Å². The minimum Gasteiger partial charge on any atom is -0.439 e. The smallest absolute Gasteiger partial charge is 0.219 e. The van der Waals surface area contributed by atoms with E-state index in [-0.39, 0.29) is 5.41 Å². The van der Waals surface area contributed by atoms with Crippen LogP contribution in [0.3, 0.4) is 0 Å². The van der Waals surface area contributed by atoms with Crippen LogP contribution in [0.5, 0.6) is 11.6 Å². The zero-order chi connectivity index (χ0) is 14.8. The highest BCUT2D eigenvalue weighted by Crippen LogP contribution is 2.28. The maximum absolute atomic E-state index is 5.95. The Morgan fingerprint density at radius 3 is 2.50 bits per heavy atom. The summed E-state index contributed by atoms with van der Waals surface area (Å²) < 4.78 is 5.78. The van der Waals surface area contributed by atoms with E-state index in [4.69, 9.17) is 27.9 Å². The molecule has 0 fully saturated rings. The van der Waals surface area contributed by atoms with Gasteiger partial charge in [0.25, 0.3) is 0 Å². The highest BCUT2D eigenvalue weighted by atomic mass is 35.5. The third kappa shape index (κ3) is 3.87. The van der Waals surface area contributed by atoms with E-state index >= 15 is 0 Å². The second-order valence-electron chi connectivity index (χ2n) is 5.64. The first-order valence-corrected chi connectivity index (χ1v) is 7.30. The lowest BCUT2D eigenvalue weighted by molar-refractivity contribution is 0.451. The van der Waals surface area contributed by atoms with E-state index in [0.717, 1.165) is 11.3 Å². The fraction of sp³-hybridized carbons (Fsp3) is 0.312. The van der Waals surface area contributed by atoms with Crippen molar-refractivity contribution in [1.29, 1.82) is 0 Å². The summed E-state index contributed by atoms with van der Waals surface area (Å²) in [6, 6.07) is 11.1. The Labute approximate surface area is 129 Å². The van der Waals surface area contributed by atoms with E-state index in [1.165, 1.54) is 0 Å². The summed E-state index contributed by atoms with van der Waals surface area (Å²) in [5.74, 6) is 1.63. The van der Waals surface area contributed by atoms with Crippen molar-refractivity contribution in [2.75, 3.05) is 0 Å². The van der Waals surface area contributed by atoms with Crippen molar-refractivity contribution in [3.8, 4) is 11.6 Å². The molecule has 2 rings (SSSR count). The Morgan fingerprint density at radius 1 is 1.15 bits per heavy atom. The minimum absolute atomic E-state index is 0.0610. The van der Waals surface area contributed by atoms with Gasteiger partial charge in [0.15, 0.2) is 0 Å². The molecule has 0 spiro atoms. The number of hydrogen-bond acceptors (Lipinski definition) is 2. The molecule has 0 saturated heterocycles. The quantitative estimate of drug-likeness (QED) is 0.692. The molecule has 0 radical (unpaired) electrons. The third-order valence-electron chi connectivity index (χ3n) is 2.80. The summed E-state index contributed by atoms with van der Waals surface area (Å²) in [6.45, 7) is 6.32. The van der Waals surface area contributed by atoms with Crippen molar-refractivity contribution in [1.82, 2.24) is 4.98 Å². The number of ether oxygens (including phenoxy) is 1. The predicted molar refractivity (Wildman–Crippen MR) is 84.0 cm³/mol. The van der Waals surface area contributed by atoms with Crippen molar-refractivity contribution in [2.45, 2.75) is 32.1 Å². The van der Waals surface area contributed by atoms with E-state index in [2.05, 4.69) is 25.8 Å². The van der Waals surface area contributed by atoms with Gasteiger partial charge in [0.2, 0.25) is 5.88 Å². The first-order valence-electron chi connectivity index (χ1n) is 6.39. The number of pyridine rings is 1. The van der Waals surface area contributed by atoms with Crippen LogP contribution in [0.25, 0.3) is 0 Å². The van der Waals surface area contributed by atoms with Gasteiger partial charge in [-0.15, -0.1) is 11.6 Å². The Bertz CT molecular complexity index is 606. The standard InChI is InChI=1S/C16H17Cl2NO/c1-16(2,3)14-7-11(10-17)8-15(19-14)20-13-6-4-5-12(18)9-13/h4-9H,10H2,1-3H3. The molecule has 20 heavy (non-hydrogen) atoms. The van der Waals surface area contributed by atoms with Gasteiger partial charge < -0.3 is 4.74 Å². The molecule has 2 aromatic rings. The maximum atomic E-state index is 5.95. The van der Waals surface area contributed by atoms with Crippen LogP contribution < -0.4 is 4.74 Å². The monoisotopic (exact) mass is 309 g/mol. The van der Waals surface area contributed by atoms with Gasteiger partial charge >= 0.3 is 0 Å². The molecular formula is C16H17Cl2NO. The molecule has 106 valence electrons. The number of rotatable bonds is 3. The van der Waals surface area contributed by atoms with Gasteiger partial charge in [-0.2, -0.15) is 0 Å². The molecule has 0 unspecified atom stereocenters. The van der Waals surface area contributed by atoms with Crippen molar-refractivity contribution >= 4 is 23.2 Å². The van der Waals surface area contributed by atoms with Crippen molar-refractivity contribution in [3.63, 3.8) is 0 Å². The van der Waals surface area contributed by atoms with Crippen LogP contribution in [0, 0.1) is 0 Å². The SMILES string of the molecule is CC(C)(C)c1cc(CCl)cc(Oc2cccc(Cl)c2)n1. The first-order chi connectivity index (χ1) is 9.38. The van der Waals surface area contributed by atoms with E-state index in [1.54, 1.807) is 12.1 Å². The second kappa shape index (κ2) is 6.02. The Morgan fingerprint density at radius 2 is 1.90 bits per heavy atom. The average molecular weight is 310 g/mol. The van der Waals surface area contributed by atoms with Crippen LogP contribution >= 0.6 is 23.2 Å². The molecule has 1 aromatic heterocycles. The summed E-state index contributed by atoms with van der Waals surface area (Å²) in [4.78, 5) is 4.55. The molecule has 0 aliphatic heterocycles. The molecule has 4 heteroatoms. The number of nitrogens with zero attached hydrogens (tertiary/aromatic N) is 1. The molecule has 0 amide bonds.